The van der Waals surface area contributed by atoms with E-state index in [1.807, 2.05) is 61.2 Å². The molecular weight excluding hydrogens is 502 g/mol. The quantitative estimate of drug-likeness (QED) is 0.251. The Hall–Kier alpha value is -3.00. The number of halogens is 1. The Bertz CT molecular complexity index is 1350. The van der Waals surface area contributed by atoms with Gasteiger partial charge in [-0.25, -0.2) is 9.97 Å². The van der Waals surface area contributed by atoms with Gasteiger partial charge < -0.3 is 15.2 Å². The Kier molecular flexibility index (Phi) is 8.79. The molecule has 6 nitrogen and oxygen atoms in total. The van der Waals surface area contributed by atoms with Crippen LogP contribution in [0.4, 0.5) is 0 Å². The Morgan fingerprint density at radius 2 is 1.86 bits per heavy atom. The van der Waals surface area contributed by atoms with E-state index < -0.39 is 0 Å². The van der Waals surface area contributed by atoms with E-state index in [1.165, 1.54) is 11.3 Å². The van der Waals surface area contributed by atoms with E-state index in [0.717, 1.165) is 33.3 Å². The van der Waals surface area contributed by atoms with E-state index in [4.69, 9.17) is 22.3 Å². The van der Waals surface area contributed by atoms with E-state index in [0.29, 0.717) is 36.0 Å². The second-order valence-corrected chi connectivity index (χ2v) is 11.2. The molecule has 0 spiro atoms. The van der Waals surface area contributed by atoms with Crippen molar-refractivity contribution >= 4 is 28.8 Å². The van der Waals surface area contributed by atoms with Gasteiger partial charge in [-0.1, -0.05) is 67.9 Å². The van der Waals surface area contributed by atoms with Gasteiger partial charge in [0.2, 0.25) is 0 Å². The van der Waals surface area contributed by atoms with Gasteiger partial charge in [0.25, 0.3) is 5.91 Å². The number of hydrogen-bond donors (Lipinski definition) is 1. The van der Waals surface area contributed by atoms with Crippen LogP contribution >= 0.6 is 22.9 Å². The van der Waals surface area contributed by atoms with Gasteiger partial charge in [0.15, 0.2) is 0 Å². The number of benzene rings is 2. The number of nitrogens with two attached hydrogens (primary N) is 1. The standard InChI is InChI=1S/C29H34ClN5OS/c1-19(2)26(35(15-9-14-31)29(36)27-20(3)32-21(4)37-27)28-33-25(23-12-8-13-24(30)16-23)18-34(28)17-22-10-6-5-7-11-22/h5-8,10-13,16,18-19,26H,9,14-15,17,31H2,1-4H3. The first-order valence-corrected chi connectivity index (χ1v) is 13.8. The van der Waals surface area contributed by atoms with Crippen LogP contribution < -0.4 is 5.73 Å². The zero-order chi connectivity index (χ0) is 26.5. The van der Waals surface area contributed by atoms with Crippen LogP contribution in [0.3, 0.4) is 0 Å². The van der Waals surface area contributed by atoms with E-state index in [9.17, 15) is 4.79 Å². The lowest BCUT2D eigenvalue weighted by atomic mass is 10.00. The van der Waals surface area contributed by atoms with Gasteiger partial charge >= 0.3 is 0 Å². The van der Waals surface area contributed by atoms with Crippen molar-refractivity contribution in [3.63, 3.8) is 0 Å². The lowest BCUT2D eigenvalue weighted by molar-refractivity contribution is 0.0608. The fraction of sp³-hybridized carbons (Fsp3) is 0.345. The van der Waals surface area contributed by atoms with Crippen molar-refractivity contribution in [3.8, 4) is 11.3 Å². The molecule has 0 bridgehead atoms. The summed E-state index contributed by atoms with van der Waals surface area (Å²) in [6, 6.07) is 17.8. The largest absolute Gasteiger partial charge is 0.330 e. The molecule has 4 aromatic rings. The van der Waals surface area contributed by atoms with Crippen LogP contribution in [0, 0.1) is 19.8 Å². The molecule has 0 aliphatic carbocycles. The fourth-order valence-electron chi connectivity index (χ4n) is 4.65. The number of rotatable bonds is 10. The number of aromatic nitrogens is 3. The van der Waals surface area contributed by atoms with Crippen LogP contribution in [-0.4, -0.2) is 38.4 Å². The first-order chi connectivity index (χ1) is 17.8. The maximum atomic E-state index is 14.0. The fourth-order valence-corrected chi connectivity index (χ4v) is 5.71. The van der Waals surface area contributed by atoms with E-state index >= 15 is 0 Å². The van der Waals surface area contributed by atoms with Crippen molar-refractivity contribution in [1.29, 1.82) is 0 Å². The molecule has 8 heteroatoms. The molecule has 0 aliphatic rings. The molecule has 0 fully saturated rings. The molecule has 2 aromatic heterocycles. The third kappa shape index (κ3) is 6.29. The van der Waals surface area contributed by atoms with Gasteiger partial charge in [0, 0.05) is 29.9 Å². The first kappa shape index (κ1) is 27.0. The average Bonchev–Trinajstić information content (AvgIpc) is 3.43. The zero-order valence-electron chi connectivity index (χ0n) is 21.8. The van der Waals surface area contributed by atoms with E-state index in [-0.39, 0.29) is 17.9 Å². The molecule has 2 N–H and O–H groups in total. The summed E-state index contributed by atoms with van der Waals surface area (Å²) >= 11 is 7.76. The Morgan fingerprint density at radius 3 is 2.49 bits per heavy atom. The highest BCUT2D eigenvalue weighted by molar-refractivity contribution is 7.13. The number of imidazole rings is 1. The smallest absolute Gasteiger partial charge is 0.266 e. The van der Waals surface area contributed by atoms with Crippen molar-refractivity contribution in [2.24, 2.45) is 11.7 Å². The summed E-state index contributed by atoms with van der Waals surface area (Å²) in [6.07, 6.45) is 2.77. The van der Waals surface area contributed by atoms with Crippen LogP contribution in [0.2, 0.25) is 5.02 Å². The predicted octanol–water partition coefficient (Wildman–Crippen LogP) is 6.51. The predicted molar refractivity (Wildman–Crippen MR) is 152 cm³/mol. The van der Waals surface area contributed by atoms with Crippen molar-refractivity contribution in [3.05, 3.63) is 92.8 Å². The van der Waals surface area contributed by atoms with Gasteiger partial charge in [0.05, 0.1) is 22.4 Å². The zero-order valence-corrected chi connectivity index (χ0v) is 23.4. The summed E-state index contributed by atoms with van der Waals surface area (Å²) < 4.78 is 2.17. The third-order valence-corrected chi connectivity index (χ3v) is 7.61. The summed E-state index contributed by atoms with van der Waals surface area (Å²) in [5.74, 6) is 0.937. The molecule has 1 unspecified atom stereocenters. The number of carbonyl (C=O) groups excluding carboxylic acids is 1. The van der Waals surface area contributed by atoms with E-state index in [2.05, 4.69) is 41.7 Å². The Labute approximate surface area is 228 Å². The number of aryl methyl sites for hydroxylation is 2. The molecule has 0 radical (unpaired) electrons. The number of carbonyl (C=O) groups is 1. The highest BCUT2D eigenvalue weighted by atomic mass is 35.5. The second-order valence-electron chi connectivity index (χ2n) is 9.59. The molecular formula is C29H34ClN5OS. The minimum atomic E-state index is -0.252. The Morgan fingerprint density at radius 1 is 1.11 bits per heavy atom. The highest BCUT2D eigenvalue weighted by Crippen LogP contribution is 2.34. The SMILES string of the molecule is Cc1nc(C)c(C(=O)N(CCCN)C(c2nc(-c3cccc(Cl)c3)cn2Cc2ccccc2)C(C)C)s1. The molecule has 0 saturated carbocycles. The molecule has 37 heavy (non-hydrogen) atoms. The number of nitrogens with zero attached hydrogens (tertiary/aromatic N) is 4. The van der Waals surface area contributed by atoms with Crippen molar-refractivity contribution in [1.82, 2.24) is 19.4 Å². The Balaban J connectivity index is 1.84. The topological polar surface area (TPSA) is 77.0 Å². The van der Waals surface area contributed by atoms with Gasteiger partial charge in [-0.15, -0.1) is 11.3 Å². The third-order valence-electron chi connectivity index (χ3n) is 6.32. The number of amides is 1. The lowest BCUT2D eigenvalue weighted by Crippen LogP contribution is -2.40. The van der Waals surface area contributed by atoms with Crippen LogP contribution in [0.15, 0.2) is 60.8 Å². The number of hydrogen-bond acceptors (Lipinski definition) is 5. The van der Waals surface area contributed by atoms with Gasteiger partial charge in [-0.2, -0.15) is 0 Å². The molecule has 194 valence electrons. The van der Waals surface area contributed by atoms with Crippen molar-refractivity contribution in [2.45, 2.75) is 46.7 Å². The molecule has 2 heterocycles. The average molecular weight is 536 g/mol. The normalized spacial score (nSPS) is 12.2. The van der Waals surface area contributed by atoms with Crippen LogP contribution in [-0.2, 0) is 6.54 Å². The van der Waals surface area contributed by atoms with Gasteiger partial charge in [0.1, 0.15) is 10.7 Å². The molecule has 1 atom stereocenters. The van der Waals surface area contributed by atoms with Crippen molar-refractivity contribution in [2.75, 3.05) is 13.1 Å². The number of thiazole rings is 1. The maximum Gasteiger partial charge on any atom is 0.266 e. The van der Waals surface area contributed by atoms with Gasteiger partial charge in [-0.3, -0.25) is 4.79 Å². The molecule has 0 saturated heterocycles. The van der Waals surface area contributed by atoms with Crippen LogP contribution in [0.5, 0.6) is 0 Å². The molecule has 0 aliphatic heterocycles. The maximum absolute atomic E-state index is 14.0. The highest BCUT2D eigenvalue weighted by Gasteiger charge is 2.34. The molecule has 2 aromatic carbocycles. The summed E-state index contributed by atoms with van der Waals surface area (Å²) in [6.45, 7) is 9.79. The monoisotopic (exact) mass is 535 g/mol. The van der Waals surface area contributed by atoms with Crippen LogP contribution in [0.25, 0.3) is 11.3 Å². The lowest BCUT2D eigenvalue weighted by Gasteiger charge is -2.34. The summed E-state index contributed by atoms with van der Waals surface area (Å²) in [4.78, 5) is 26.3. The second kappa shape index (κ2) is 12.0. The first-order valence-electron chi connectivity index (χ1n) is 12.6. The van der Waals surface area contributed by atoms with E-state index in [1.54, 1.807) is 0 Å². The minimum absolute atomic E-state index is 0.0196. The van der Waals surface area contributed by atoms with Crippen molar-refractivity contribution < 1.29 is 4.79 Å². The molecule has 1 amide bonds. The molecule has 4 rings (SSSR count). The van der Waals surface area contributed by atoms with Crippen LogP contribution in [0.1, 0.15) is 58.1 Å². The van der Waals surface area contributed by atoms with Gasteiger partial charge in [-0.05, 0) is 50.4 Å². The summed E-state index contributed by atoms with van der Waals surface area (Å²) in [5.41, 5.74) is 9.61. The summed E-state index contributed by atoms with van der Waals surface area (Å²) in [7, 11) is 0. The summed E-state index contributed by atoms with van der Waals surface area (Å²) in [5, 5.41) is 1.54. The minimum Gasteiger partial charge on any atom is -0.330 e.